The van der Waals surface area contributed by atoms with Gasteiger partial charge in [0.05, 0.1) is 18.4 Å². The molecule has 0 bridgehead atoms. The molecule has 3 aromatic rings. The average molecular weight is 505 g/mol. The van der Waals surface area contributed by atoms with E-state index in [4.69, 9.17) is 21.7 Å². The number of rotatable bonds is 8. The van der Waals surface area contributed by atoms with E-state index in [9.17, 15) is 9.59 Å². The summed E-state index contributed by atoms with van der Waals surface area (Å²) in [4.78, 5) is 27.3. The molecule has 2 fully saturated rings. The lowest BCUT2D eigenvalue weighted by molar-refractivity contribution is -0.122. The first-order valence-corrected chi connectivity index (χ1v) is 12.5. The second-order valence-corrected chi connectivity index (χ2v) is 9.11. The molecule has 2 amide bonds. The summed E-state index contributed by atoms with van der Waals surface area (Å²) in [5, 5.41) is 7.27. The van der Waals surface area contributed by atoms with Crippen molar-refractivity contribution in [3.63, 3.8) is 0 Å². The normalized spacial score (nSPS) is 18.8. The number of nitrogens with zero attached hydrogens (tertiary/aromatic N) is 2. The van der Waals surface area contributed by atoms with Crippen molar-refractivity contribution < 1.29 is 19.1 Å². The number of carbonyl (C=O) groups is 2. The summed E-state index contributed by atoms with van der Waals surface area (Å²) in [5.74, 6) is 0.411. The van der Waals surface area contributed by atoms with E-state index in [0.717, 1.165) is 41.7 Å². The third kappa shape index (κ3) is 4.98. The van der Waals surface area contributed by atoms with E-state index in [-0.39, 0.29) is 24.5 Å². The highest BCUT2D eigenvalue weighted by molar-refractivity contribution is 7.80. The summed E-state index contributed by atoms with van der Waals surface area (Å²) in [7, 11) is 0. The molecule has 186 valence electrons. The van der Waals surface area contributed by atoms with Crippen molar-refractivity contribution in [3.05, 3.63) is 66.0 Å². The zero-order chi connectivity index (χ0) is 25.1. The predicted molar refractivity (Wildman–Crippen MR) is 143 cm³/mol. The predicted octanol–water partition coefficient (Wildman–Crippen LogP) is 3.60. The molecule has 1 atom stereocenters. The molecule has 5 rings (SSSR count). The number of aromatic nitrogens is 1. The third-order valence-electron chi connectivity index (χ3n) is 6.27. The Balaban J connectivity index is 1.36. The Morgan fingerprint density at radius 2 is 2.06 bits per heavy atom. The maximum atomic E-state index is 13.3. The number of hydrogen-bond donors (Lipinski definition) is 2. The van der Waals surface area contributed by atoms with Gasteiger partial charge in [0, 0.05) is 35.8 Å². The molecule has 2 saturated heterocycles. The van der Waals surface area contributed by atoms with Crippen LogP contribution in [-0.4, -0.2) is 47.4 Å². The summed E-state index contributed by atoms with van der Waals surface area (Å²) in [6.07, 6.45) is 5.78. The molecular formula is C27H28N4O4S. The number of thiocarbonyl (C=S) groups is 1. The van der Waals surface area contributed by atoms with Gasteiger partial charge in [-0.2, -0.15) is 0 Å². The van der Waals surface area contributed by atoms with Crippen molar-refractivity contribution in [1.29, 1.82) is 0 Å². The van der Waals surface area contributed by atoms with Gasteiger partial charge in [-0.25, -0.2) is 0 Å². The summed E-state index contributed by atoms with van der Waals surface area (Å²) >= 11 is 5.46. The van der Waals surface area contributed by atoms with Crippen LogP contribution in [0.1, 0.15) is 25.3 Å². The van der Waals surface area contributed by atoms with Crippen molar-refractivity contribution in [2.45, 2.75) is 32.4 Å². The SMILES string of the molecule is CCOc1ccc(N2C(=O)/C(=C/c3cn(CC(=O)NC[C@H]4CCCO4)c4ccccc34)NC2=S)cc1. The molecule has 2 N–H and O–H groups in total. The van der Waals surface area contributed by atoms with E-state index in [2.05, 4.69) is 10.6 Å². The lowest BCUT2D eigenvalue weighted by Crippen LogP contribution is -2.34. The van der Waals surface area contributed by atoms with Crippen molar-refractivity contribution >= 4 is 51.8 Å². The van der Waals surface area contributed by atoms with Crippen LogP contribution in [0.25, 0.3) is 17.0 Å². The minimum atomic E-state index is -0.240. The number of carbonyl (C=O) groups excluding carboxylic acids is 2. The molecule has 2 aromatic carbocycles. The lowest BCUT2D eigenvalue weighted by atomic mass is 10.1. The maximum Gasteiger partial charge on any atom is 0.281 e. The van der Waals surface area contributed by atoms with Crippen molar-refractivity contribution in [1.82, 2.24) is 15.2 Å². The number of anilines is 1. The molecule has 2 aliphatic rings. The Morgan fingerprint density at radius 1 is 1.25 bits per heavy atom. The van der Waals surface area contributed by atoms with Crippen LogP contribution >= 0.6 is 12.2 Å². The van der Waals surface area contributed by atoms with E-state index in [1.165, 1.54) is 4.90 Å². The van der Waals surface area contributed by atoms with Crippen LogP contribution in [0.4, 0.5) is 5.69 Å². The highest BCUT2D eigenvalue weighted by Crippen LogP contribution is 2.28. The lowest BCUT2D eigenvalue weighted by Gasteiger charge is -2.14. The van der Waals surface area contributed by atoms with Crippen LogP contribution in [-0.2, 0) is 20.9 Å². The summed E-state index contributed by atoms with van der Waals surface area (Å²) in [6, 6.07) is 15.0. The topological polar surface area (TPSA) is 84.8 Å². The molecular weight excluding hydrogens is 476 g/mol. The summed E-state index contributed by atoms with van der Waals surface area (Å²) in [6.45, 7) is 3.94. The minimum absolute atomic E-state index is 0.0802. The summed E-state index contributed by atoms with van der Waals surface area (Å²) in [5.41, 5.74) is 2.77. The van der Waals surface area contributed by atoms with Crippen LogP contribution in [0.15, 0.2) is 60.4 Å². The molecule has 9 heteroatoms. The molecule has 2 aliphatic heterocycles. The van der Waals surface area contributed by atoms with E-state index < -0.39 is 0 Å². The standard InChI is InChI=1S/C27H28N4O4S/c1-2-34-20-11-9-19(10-12-20)31-26(33)23(29-27(31)36)14-18-16-30(24-8-4-3-7-22(18)24)17-25(32)28-15-21-6-5-13-35-21/h3-4,7-12,14,16,21H,2,5-6,13,15,17H2,1H3,(H,28,32)(H,29,36)/b23-14-/t21-/m1/s1. The number of fused-ring (bicyclic) bond motifs is 1. The highest BCUT2D eigenvalue weighted by Gasteiger charge is 2.32. The average Bonchev–Trinajstić information content (AvgIpc) is 3.58. The van der Waals surface area contributed by atoms with Gasteiger partial charge in [-0.15, -0.1) is 0 Å². The second kappa shape index (κ2) is 10.5. The zero-order valence-electron chi connectivity index (χ0n) is 20.0. The van der Waals surface area contributed by atoms with Gasteiger partial charge in [0.25, 0.3) is 5.91 Å². The Labute approximate surface area is 214 Å². The van der Waals surface area contributed by atoms with Crippen molar-refractivity contribution in [3.8, 4) is 5.75 Å². The van der Waals surface area contributed by atoms with Gasteiger partial charge in [0.1, 0.15) is 18.0 Å². The maximum absolute atomic E-state index is 13.3. The molecule has 0 saturated carbocycles. The number of para-hydroxylation sites is 1. The van der Waals surface area contributed by atoms with Gasteiger partial charge in [-0.05, 0) is 68.4 Å². The number of ether oxygens (including phenoxy) is 2. The number of hydrogen-bond acceptors (Lipinski definition) is 5. The van der Waals surface area contributed by atoms with Crippen molar-refractivity contribution in [2.75, 3.05) is 24.7 Å². The van der Waals surface area contributed by atoms with Crippen LogP contribution in [0.3, 0.4) is 0 Å². The Bertz CT molecular complexity index is 1330. The van der Waals surface area contributed by atoms with Crippen LogP contribution in [0.2, 0.25) is 0 Å². The van der Waals surface area contributed by atoms with Crippen LogP contribution in [0.5, 0.6) is 5.75 Å². The van der Waals surface area contributed by atoms with E-state index in [1.807, 2.05) is 54.1 Å². The Morgan fingerprint density at radius 3 is 2.81 bits per heavy atom. The van der Waals surface area contributed by atoms with Gasteiger partial charge in [-0.1, -0.05) is 18.2 Å². The van der Waals surface area contributed by atoms with E-state index in [1.54, 1.807) is 18.2 Å². The van der Waals surface area contributed by atoms with Gasteiger partial charge in [0.15, 0.2) is 5.11 Å². The quantitative estimate of drug-likeness (QED) is 0.360. The van der Waals surface area contributed by atoms with Gasteiger partial charge >= 0.3 is 0 Å². The molecule has 8 nitrogen and oxygen atoms in total. The zero-order valence-corrected chi connectivity index (χ0v) is 20.8. The van der Waals surface area contributed by atoms with Crippen molar-refractivity contribution in [2.24, 2.45) is 0 Å². The molecule has 0 radical (unpaired) electrons. The Kier molecular flexibility index (Phi) is 7.02. The van der Waals surface area contributed by atoms with E-state index >= 15 is 0 Å². The van der Waals surface area contributed by atoms with Gasteiger partial charge in [0.2, 0.25) is 5.91 Å². The fraction of sp³-hybridized carbons (Fsp3) is 0.296. The first-order valence-electron chi connectivity index (χ1n) is 12.1. The molecule has 0 unspecified atom stereocenters. The van der Waals surface area contributed by atoms with E-state index in [0.29, 0.717) is 29.6 Å². The molecule has 1 aromatic heterocycles. The molecule has 0 spiro atoms. The molecule has 3 heterocycles. The molecule has 0 aliphatic carbocycles. The number of amides is 2. The minimum Gasteiger partial charge on any atom is -0.494 e. The van der Waals surface area contributed by atoms with Gasteiger partial charge < -0.3 is 24.7 Å². The van der Waals surface area contributed by atoms with Crippen LogP contribution < -0.4 is 20.3 Å². The highest BCUT2D eigenvalue weighted by atomic mass is 32.1. The number of nitrogens with one attached hydrogen (secondary N) is 2. The second-order valence-electron chi connectivity index (χ2n) is 8.72. The first kappa shape index (κ1) is 24.0. The fourth-order valence-electron chi connectivity index (χ4n) is 4.55. The largest absolute Gasteiger partial charge is 0.494 e. The summed E-state index contributed by atoms with van der Waals surface area (Å²) < 4.78 is 13.0. The Hall–Kier alpha value is -3.69. The monoisotopic (exact) mass is 504 g/mol. The fourth-order valence-corrected chi connectivity index (χ4v) is 4.85. The van der Waals surface area contributed by atoms with Crippen LogP contribution in [0, 0.1) is 0 Å². The third-order valence-corrected chi connectivity index (χ3v) is 6.55. The first-order chi connectivity index (χ1) is 17.5. The molecule has 36 heavy (non-hydrogen) atoms. The smallest absolute Gasteiger partial charge is 0.281 e. The number of benzene rings is 2. The van der Waals surface area contributed by atoms with Gasteiger partial charge in [-0.3, -0.25) is 14.5 Å².